The van der Waals surface area contributed by atoms with Crippen molar-refractivity contribution in [3.8, 4) is 5.75 Å². The Bertz CT molecular complexity index is 676. The molecule has 0 unspecified atom stereocenters. The van der Waals surface area contributed by atoms with Gasteiger partial charge in [-0.3, -0.25) is 4.79 Å². The van der Waals surface area contributed by atoms with Gasteiger partial charge in [-0.1, -0.05) is 0 Å². The van der Waals surface area contributed by atoms with Gasteiger partial charge in [0.1, 0.15) is 11.6 Å². The summed E-state index contributed by atoms with van der Waals surface area (Å²) < 4.78 is 18.8. The zero-order valence-corrected chi connectivity index (χ0v) is 12.2. The predicted octanol–water partition coefficient (Wildman–Crippen LogP) is 3.29. The Morgan fingerprint density at radius 2 is 1.95 bits per heavy atom. The number of anilines is 2. The molecule has 21 heavy (non-hydrogen) atoms. The minimum atomic E-state index is -0.494. The molecule has 0 fully saturated rings. The Balaban J connectivity index is 2.24. The standard InChI is InChI=1S/C16H17FN2O2/c1-9-6-12(4-5-15(9)21-3)19-16(20)11-7-13(17)10(2)14(18)8-11/h4-8H,18H2,1-3H3,(H,19,20). The normalized spacial score (nSPS) is 10.3. The Labute approximate surface area is 122 Å². The van der Waals surface area contributed by atoms with Crippen LogP contribution in [0.4, 0.5) is 15.8 Å². The molecule has 0 bridgehead atoms. The lowest BCUT2D eigenvalue weighted by Gasteiger charge is -2.10. The first kappa shape index (κ1) is 14.8. The van der Waals surface area contributed by atoms with Crippen LogP contribution in [0.1, 0.15) is 21.5 Å². The maximum absolute atomic E-state index is 13.6. The summed E-state index contributed by atoms with van der Waals surface area (Å²) in [5.41, 5.74) is 7.96. The molecular formula is C16H17FN2O2. The van der Waals surface area contributed by atoms with Crippen molar-refractivity contribution in [2.45, 2.75) is 13.8 Å². The van der Waals surface area contributed by atoms with E-state index in [2.05, 4.69) is 5.32 Å². The number of aryl methyl sites for hydroxylation is 1. The van der Waals surface area contributed by atoms with Crippen LogP contribution in [0, 0.1) is 19.7 Å². The second kappa shape index (κ2) is 5.83. The van der Waals surface area contributed by atoms with Gasteiger partial charge in [-0.15, -0.1) is 0 Å². The number of carbonyl (C=O) groups is 1. The van der Waals surface area contributed by atoms with Gasteiger partial charge in [0.15, 0.2) is 0 Å². The Hall–Kier alpha value is -2.56. The summed E-state index contributed by atoms with van der Waals surface area (Å²) in [6, 6.07) is 7.90. The van der Waals surface area contributed by atoms with Gasteiger partial charge in [-0.25, -0.2) is 4.39 Å². The lowest BCUT2D eigenvalue weighted by Crippen LogP contribution is -2.13. The van der Waals surface area contributed by atoms with Gasteiger partial charge in [0, 0.05) is 22.5 Å². The van der Waals surface area contributed by atoms with Crippen LogP contribution in [0.2, 0.25) is 0 Å². The van der Waals surface area contributed by atoms with Crippen LogP contribution in [0.15, 0.2) is 30.3 Å². The van der Waals surface area contributed by atoms with Gasteiger partial charge >= 0.3 is 0 Å². The van der Waals surface area contributed by atoms with Crippen LogP contribution in [0.25, 0.3) is 0 Å². The Kier molecular flexibility index (Phi) is 4.12. The molecule has 2 aromatic rings. The second-order valence-electron chi connectivity index (χ2n) is 4.81. The SMILES string of the molecule is COc1ccc(NC(=O)c2cc(N)c(C)c(F)c2)cc1C. The van der Waals surface area contributed by atoms with Gasteiger partial charge < -0.3 is 15.8 Å². The van der Waals surface area contributed by atoms with Crippen LogP contribution in [0.5, 0.6) is 5.75 Å². The molecule has 1 amide bonds. The molecule has 4 nitrogen and oxygen atoms in total. The number of methoxy groups -OCH3 is 1. The summed E-state index contributed by atoms with van der Waals surface area (Å²) in [5.74, 6) is -0.171. The average molecular weight is 288 g/mol. The number of hydrogen-bond donors (Lipinski definition) is 2. The molecule has 0 saturated heterocycles. The van der Waals surface area contributed by atoms with Crippen molar-refractivity contribution in [3.05, 3.63) is 52.8 Å². The topological polar surface area (TPSA) is 64.3 Å². The highest BCUT2D eigenvalue weighted by molar-refractivity contribution is 6.05. The van der Waals surface area contributed by atoms with E-state index < -0.39 is 11.7 Å². The smallest absolute Gasteiger partial charge is 0.255 e. The van der Waals surface area contributed by atoms with Gasteiger partial charge in [-0.05, 0) is 49.7 Å². The lowest BCUT2D eigenvalue weighted by atomic mass is 10.1. The molecule has 0 spiro atoms. The summed E-state index contributed by atoms with van der Waals surface area (Å²) in [4.78, 5) is 12.1. The van der Waals surface area contributed by atoms with Gasteiger partial charge in [0.2, 0.25) is 0 Å². The van der Waals surface area contributed by atoms with Crippen molar-refractivity contribution in [1.82, 2.24) is 0 Å². The molecule has 0 aliphatic heterocycles. The van der Waals surface area contributed by atoms with Gasteiger partial charge in [0.05, 0.1) is 7.11 Å². The summed E-state index contributed by atoms with van der Waals surface area (Å²) >= 11 is 0. The highest BCUT2D eigenvalue weighted by atomic mass is 19.1. The highest BCUT2D eigenvalue weighted by Crippen LogP contribution is 2.23. The quantitative estimate of drug-likeness (QED) is 0.852. The van der Waals surface area contributed by atoms with E-state index in [9.17, 15) is 9.18 Å². The molecule has 3 N–H and O–H groups in total. The van der Waals surface area contributed by atoms with E-state index in [1.54, 1.807) is 32.2 Å². The molecule has 0 heterocycles. The molecule has 0 radical (unpaired) electrons. The van der Waals surface area contributed by atoms with Crippen molar-refractivity contribution in [2.24, 2.45) is 0 Å². The first-order chi connectivity index (χ1) is 9.92. The van der Waals surface area contributed by atoms with E-state index in [0.717, 1.165) is 11.3 Å². The van der Waals surface area contributed by atoms with Crippen molar-refractivity contribution in [2.75, 3.05) is 18.2 Å². The lowest BCUT2D eigenvalue weighted by molar-refractivity contribution is 0.102. The molecule has 0 aliphatic carbocycles. The number of nitrogen functional groups attached to an aromatic ring is 1. The number of benzene rings is 2. The largest absolute Gasteiger partial charge is 0.496 e. The number of amides is 1. The zero-order chi connectivity index (χ0) is 15.6. The predicted molar refractivity (Wildman–Crippen MR) is 81.2 cm³/mol. The van der Waals surface area contributed by atoms with E-state index >= 15 is 0 Å². The molecule has 5 heteroatoms. The second-order valence-corrected chi connectivity index (χ2v) is 4.81. The molecule has 2 aromatic carbocycles. The van der Waals surface area contributed by atoms with Crippen LogP contribution >= 0.6 is 0 Å². The van der Waals surface area contributed by atoms with Crippen LogP contribution in [-0.2, 0) is 0 Å². The third-order valence-corrected chi connectivity index (χ3v) is 3.30. The molecule has 0 aromatic heterocycles. The van der Waals surface area contributed by atoms with Crippen molar-refractivity contribution in [3.63, 3.8) is 0 Å². The zero-order valence-electron chi connectivity index (χ0n) is 12.2. The molecule has 0 saturated carbocycles. The number of halogens is 1. The summed E-state index contributed by atoms with van der Waals surface area (Å²) in [6.45, 7) is 3.44. The number of nitrogens with two attached hydrogens (primary N) is 1. The fourth-order valence-corrected chi connectivity index (χ4v) is 1.99. The molecule has 0 aliphatic rings. The fraction of sp³-hybridized carbons (Fsp3) is 0.188. The number of hydrogen-bond acceptors (Lipinski definition) is 3. The average Bonchev–Trinajstić information content (AvgIpc) is 2.44. The van der Waals surface area contributed by atoms with E-state index in [0.29, 0.717) is 11.3 Å². The van der Waals surface area contributed by atoms with Crippen molar-refractivity contribution < 1.29 is 13.9 Å². The molecule has 110 valence electrons. The maximum Gasteiger partial charge on any atom is 0.255 e. The number of rotatable bonds is 3. The number of ether oxygens (including phenoxy) is 1. The van der Waals surface area contributed by atoms with Gasteiger partial charge in [-0.2, -0.15) is 0 Å². The highest BCUT2D eigenvalue weighted by Gasteiger charge is 2.12. The minimum Gasteiger partial charge on any atom is -0.496 e. The summed E-state index contributed by atoms with van der Waals surface area (Å²) in [5, 5.41) is 2.71. The van der Waals surface area contributed by atoms with Crippen molar-refractivity contribution >= 4 is 17.3 Å². The Morgan fingerprint density at radius 1 is 1.24 bits per heavy atom. The van der Waals surface area contributed by atoms with Crippen LogP contribution in [-0.4, -0.2) is 13.0 Å². The van der Waals surface area contributed by atoms with Crippen molar-refractivity contribution in [1.29, 1.82) is 0 Å². The molecular weight excluding hydrogens is 271 g/mol. The Morgan fingerprint density at radius 3 is 2.52 bits per heavy atom. The maximum atomic E-state index is 13.6. The molecule has 2 rings (SSSR count). The fourth-order valence-electron chi connectivity index (χ4n) is 1.99. The van der Waals surface area contributed by atoms with E-state index in [1.807, 2.05) is 6.92 Å². The third kappa shape index (κ3) is 3.13. The first-order valence-electron chi connectivity index (χ1n) is 6.44. The monoisotopic (exact) mass is 288 g/mol. The van der Waals surface area contributed by atoms with Gasteiger partial charge in [0.25, 0.3) is 5.91 Å². The first-order valence-corrected chi connectivity index (χ1v) is 6.44. The summed E-state index contributed by atoms with van der Waals surface area (Å²) in [6.07, 6.45) is 0. The van der Waals surface area contributed by atoms with E-state index in [-0.39, 0.29) is 11.3 Å². The van der Waals surface area contributed by atoms with Crippen LogP contribution in [0.3, 0.4) is 0 Å². The van der Waals surface area contributed by atoms with Crippen LogP contribution < -0.4 is 15.8 Å². The number of nitrogens with one attached hydrogen (secondary N) is 1. The van der Waals surface area contributed by atoms with E-state index in [4.69, 9.17) is 10.5 Å². The summed E-state index contributed by atoms with van der Waals surface area (Å²) in [7, 11) is 1.58. The molecule has 0 atom stereocenters. The number of carbonyl (C=O) groups excluding carboxylic acids is 1. The minimum absolute atomic E-state index is 0.184. The third-order valence-electron chi connectivity index (χ3n) is 3.30. The van der Waals surface area contributed by atoms with E-state index in [1.165, 1.54) is 12.1 Å².